The van der Waals surface area contributed by atoms with Crippen molar-refractivity contribution in [3.63, 3.8) is 0 Å². The molecule has 0 fully saturated rings. The average Bonchev–Trinajstić information content (AvgIpc) is 2.86. The Morgan fingerprint density at radius 1 is 1.29 bits per heavy atom. The standard InChI is InChI=1S/C13H18N4/c1-3-4-10-5-7-11(8-6-10)13(14-2)12-9-15-17-16-12/h5-9,13-14H,3-4H2,1-2H3,(H,15,16,17). The topological polar surface area (TPSA) is 53.6 Å². The Labute approximate surface area is 101 Å². The summed E-state index contributed by atoms with van der Waals surface area (Å²) in [4.78, 5) is 0. The van der Waals surface area contributed by atoms with E-state index in [1.807, 2.05) is 7.05 Å². The number of hydrogen-bond donors (Lipinski definition) is 2. The van der Waals surface area contributed by atoms with Crippen LogP contribution in [-0.4, -0.2) is 22.5 Å². The first-order valence-corrected chi connectivity index (χ1v) is 5.97. The van der Waals surface area contributed by atoms with Crippen molar-refractivity contribution in [3.05, 3.63) is 47.3 Å². The number of aromatic nitrogens is 3. The highest BCUT2D eigenvalue weighted by Gasteiger charge is 2.13. The summed E-state index contributed by atoms with van der Waals surface area (Å²) in [5, 5.41) is 13.9. The van der Waals surface area contributed by atoms with Gasteiger partial charge in [0.25, 0.3) is 0 Å². The molecule has 1 atom stereocenters. The number of rotatable bonds is 5. The van der Waals surface area contributed by atoms with Gasteiger partial charge in [-0.25, -0.2) is 0 Å². The van der Waals surface area contributed by atoms with Gasteiger partial charge < -0.3 is 5.32 Å². The van der Waals surface area contributed by atoms with E-state index in [1.54, 1.807) is 6.20 Å². The number of H-pyrrole nitrogens is 1. The van der Waals surface area contributed by atoms with E-state index in [1.165, 1.54) is 17.5 Å². The van der Waals surface area contributed by atoms with Gasteiger partial charge in [-0.3, -0.25) is 0 Å². The first-order chi connectivity index (χ1) is 8.35. The monoisotopic (exact) mass is 230 g/mol. The second-order valence-corrected chi connectivity index (χ2v) is 4.11. The summed E-state index contributed by atoms with van der Waals surface area (Å²) >= 11 is 0. The van der Waals surface area contributed by atoms with Crippen LogP contribution in [0.4, 0.5) is 0 Å². The van der Waals surface area contributed by atoms with Crippen molar-refractivity contribution in [3.8, 4) is 0 Å². The second-order valence-electron chi connectivity index (χ2n) is 4.11. The summed E-state index contributed by atoms with van der Waals surface area (Å²) in [6.07, 6.45) is 4.06. The lowest BCUT2D eigenvalue weighted by molar-refractivity contribution is 0.667. The highest BCUT2D eigenvalue weighted by atomic mass is 15.3. The van der Waals surface area contributed by atoms with Crippen molar-refractivity contribution >= 4 is 0 Å². The van der Waals surface area contributed by atoms with Gasteiger partial charge in [0, 0.05) is 0 Å². The van der Waals surface area contributed by atoms with Gasteiger partial charge in [0.05, 0.1) is 12.2 Å². The maximum Gasteiger partial charge on any atom is 0.104 e. The molecule has 1 heterocycles. The maximum absolute atomic E-state index is 4.12. The zero-order valence-electron chi connectivity index (χ0n) is 10.3. The van der Waals surface area contributed by atoms with Gasteiger partial charge in [-0.05, 0) is 24.6 Å². The van der Waals surface area contributed by atoms with Gasteiger partial charge in [-0.2, -0.15) is 15.4 Å². The highest BCUT2D eigenvalue weighted by Crippen LogP contribution is 2.19. The van der Waals surface area contributed by atoms with Crippen LogP contribution in [0.3, 0.4) is 0 Å². The number of nitrogens with one attached hydrogen (secondary N) is 2. The summed E-state index contributed by atoms with van der Waals surface area (Å²) in [6, 6.07) is 8.78. The number of aryl methyl sites for hydroxylation is 1. The lowest BCUT2D eigenvalue weighted by Crippen LogP contribution is -2.18. The first kappa shape index (κ1) is 11.8. The molecule has 2 N–H and O–H groups in total. The van der Waals surface area contributed by atoms with E-state index >= 15 is 0 Å². The van der Waals surface area contributed by atoms with Crippen molar-refractivity contribution in [2.75, 3.05) is 7.05 Å². The fraction of sp³-hybridized carbons (Fsp3) is 0.385. The van der Waals surface area contributed by atoms with Crippen LogP contribution in [0.25, 0.3) is 0 Å². The minimum atomic E-state index is 0.101. The number of nitrogens with zero attached hydrogens (tertiary/aromatic N) is 2. The molecule has 0 radical (unpaired) electrons. The van der Waals surface area contributed by atoms with Crippen molar-refractivity contribution in [2.24, 2.45) is 0 Å². The molecule has 0 saturated carbocycles. The Balaban J connectivity index is 2.20. The van der Waals surface area contributed by atoms with Crippen LogP contribution in [0.5, 0.6) is 0 Å². The number of aromatic amines is 1. The fourth-order valence-electron chi connectivity index (χ4n) is 2.00. The number of benzene rings is 1. The highest BCUT2D eigenvalue weighted by molar-refractivity contribution is 5.29. The first-order valence-electron chi connectivity index (χ1n) is 5.97. The smallest absolute Gasteiger partial charge is 0.104 e. The minimum Gasteiger partial charge on any atom is -0.308 e. The van der Waals surface area contributed by atoms with Gasteiger partial charge in [-0.15, -0.1) is 0 Å². The van der Waals surface area contributed by atoms with Gasteiger partial charge in [0.2, 0.25) is 0 Å². The Hall–Kier alpha value is -1.68. The largest absolute Gasteiger partial charge is 0.308 e. The molecule has 1 aromatic heterocycles. The number of hydrogen-bond acceptors (Lipinski definition) is 3. The normalized spacial score (nSPS) is 12.6. The molecule has 0 amide bonds. The third-order valence-electron chi connectivity index (χ3n) is 2.87. The van der Waals surface area contributed by atoms with E-state index in [-0.39, 0.29) is 6.04 Å². The summed E-state index contributed by atoms with van der Waals surface area (Å²) in [6.45, 7) is 2.19. The van der Waals surface area contributed by atoms with E-state index in [0.717, 1.165) is 12.1 Å². The third kappa shape index (κ3) is 2.71. The van der Waals surface area contributed by atoms with Crippen LogP contribution >= 0.6 is 0 Å². The lowest BCUT2D eigenvalue weighted by Gasteiger charge is -2.14. The molecule has 0 aliphatic rings. The van der Waals surface area contributed by atoms with E-state index in [2.05, 4.69) is 51.9 Å². The molecular weight excluding hydrogens is 212 g/mol. The van der Waals surface area contributed by atoms with Crippen LogP contribution < -0.4 is 5.32 Å². The molecule has 2 aromatic rings. The molecule has 0 aliphatic heterocycles. The summed E-state index contributed by atoms with van der Waals surface area (Å²) < 4.78 is 0. The quantitative estimate of drug-likeness (QED) is 0.826. The van der Waals surface area contributed by atoms with Gasteiger partial charge in [-0.1, -0.05) is 37.6 Å². The summed E-state index contributed by atoms with van der Waals surface area (Å²) in [5.41, 5.74) is 3.50. The predicted molar refractivity (Wildman–Crippen MR) is 67.7 cm³/mol. The van der Waals surface area contributed by atoms with Crippen molar-refractivity contribution in [2.45, 2.75) is 25.8 Å². The van der Waals surface area contributed by atoms with Gasteiger partial charge >= 0.3 is 0 Å². The zero-order chi connectivity index (χ0) is 12.1. The Bertz CT molecular complexity index is 433. The summed E-state index contributed by atoms with van der Waals surface area (Å²) in [7, 11) is 1.93. The molecule has 0 aliphatic carbocycles. The van der Waals surface area contributed by atoms with Crippen molar-refractivity contribution in [1.29, 1.82) is 0 Å². The molecular formula is C13H18N4. The Morgan fingerprint density at radius 2 is 2.06 bits per heavy atom. The molecule has 90 valence electrons. The SMILES string of the molecule is CCCc1ccc(C(NC)c2cn[nH]n2)cc1. The molecule has 0 spiro atoms. The Kier molecular flexibility index (Phi) is 3.88. The van der Waals surface area contributed by atoms with Gasteiger partial charge in [0.15, 0.2) is 0 Å². The predicted octanol–water partition coefficient (Wildman–Crippen LogP) is 2.07. The van der Waals surface area contributed by atoms with Crippen LogP contribution in [0, 0.1) is 0 Å². The van der Waals surface area contributed by atoms with Crippen LogP contribution in [-0.2, 0) is 6.42 Å². The van der Waals surface area contributed by atoms with Crippen molar-refractivity contribution in [1.82, 2.24) is 20.7 Å². The molecule has 4 nitrogen and oxygen atoms in total. The molecule has 17 heavy (non-hydrogen) atoms. The maximum atomic E-state index is 4.12. The van der Waals surface area contributed by atoms with Gasteiger partial charge in [0.1, 0.15) is 5.69 Å². The molecule has 1 unspecified atom stereocenters. The van der Waals surface area contributed by atoms with E-state index in [0.29, 0.717) is 0 Å². The van der Waals surface area contributed by atoms with E-state index < -0.39 is 0 Å². The summed E-state index contributed by atoms with van der Waals surface area (Å²) in [5.74, 6) is 0. The molecule has 0 bridgehead atoms. The molecule has 0 saturated heterocycles. The molecule has 1 aromatic carbocycles. The van der Waals surface area contributed by atoms with E-state index in [9.17, 15) is 0 Å². The van der Waals surface area contributed by atoms with E-state index in [4.69, 9.17) is 0 Å². The van der Waals surface area contributed by atoms with Crippen molar-refractivity contribution < 1.29 is 0 Å². The minimum absolute atomic E-state index is 0.101. The molecule has 2 rings (SSSR count). The van der Waals surface area contributed by atoms with Crippen LogP contribution in [0.1, 0.15) is 36.2 Å². The molecule has 4 heteroatoms. The lowest BCUT2D eigenvalue weighted by atomic mass is 10.0. The zero-order valence-corrected chi connectivity index (χ0v) is 10.3. The fourth-order valence-corrected chi connectivity index (χ4v) is 2.00. The van der Waals surface area contributed by atoms with Crippen LogP contribution in [0.15, 0.2) is 30.5 Å². The second kappa shape index (κ2) is 5.59. The third-order valence-corrected chi connectivity index (χ3v) is 2.87. The average molecular weight is 230 g/mol. The van der Waals surface area contributed by atoms with Crippen LogP contribution in [0.2, 0.25) is 0 Å². The Morgan fingerprint density at radius 3 is 2.59 bits per heavy atom.